The van der Waals surface area contributed by atoms with Crippen molar-refractivity contribution in [1.82, 2.24) is 4.98 Å². The lowest BCUT2D eigenvalue weighted by Crippen LogP contribution is -2.04. The van der Waals surface area contributed by atoms with Gasteiger partial charge in [0.25, 0.3) is 0 Å². The second kappa shape index (κ2) is 6.12. The van der Waals surface area contributed by atoms with Gasteiger partial charge in [-0.2, -0.15) is 0 Å². The van der Waals surface area contributed by atoms with E-state index in [2.05, 4.69) is 43.5 Å². The van der Waals surface area contributed by atoms with E-state index in [9.17, 15) is 0 Å². The molecule has 2 aromatic rings. The van der Waals surface area contributed by atoms with Crippen molar-refractivity contribution in [2.24, 2.45) is 5.73 Å². The first-order chi connectivity index (χ1) is 8.74. The van der Waals surface area contributed by atoms with Crippen LogP contribution in [0, 0.1) is 0 Å². The summed E-state index contributed by atoms with van der Waals surface area (Å²) in [4.78, 5) is 4.72. The molecule has 0 fully saturated rings. The van der Waals surface area contributed by atoms with Crippen molar-refractivity contribution in [2.75, 3.05) is 6.54 Å². The highest BCUT2D eigenvalue weighted by Gasteiger charge is 2.10. The number of rotatable bonds is 5. The van der Waals surface area contributed by atoms with Gasteiger partial charge >= 0.3 is 0 Å². The van der Waals surface area contributed by atoms with Crippen LogP contribution in [0.4, 0.5) is 0 Å². The van der Waals surface area contributed by atoms with Gasteiger partial charge in [0.1, 0.15) is 5.01 Å². The molecule has 0 aliphatic heterocycles. The number of benzene rings is 1. The normalized spacial score (nSPS) is 12.6. The van der Waals surface area contributed by atoms with Crippen LogP contribution in [0.25, 0.3) is 10.6 Å². The first kappa shape index (κ1) is 13.2. The quantitative estimate of drug-likeness (QED) is 0.887. The summed E-state index contributed by atoms with van der Waals surface area (Å²) < 4.78 is 0. The summed E-state index contributed by atoms with van der Waals surface area (Å²) in [6.07, 6.45) is 2.08. The molecule has 2 rings (SSSR count). The summed E-state index contributed by atoms with van der Waals surface area (Å²) in [5.41, 5.74) is 9.34. The van der Waals surface area contributed by atoms with E-state index in [-0.39, 0.29) is 0 Å². The van der Waals surface area contributed by atoms with Crippen LogP contribution in [0.3, 0.4) is 0 Å². The SMILES string of the molecule is CCc1ccc(-c2nc(C(C)CCN)cs2)cc1. The molecular weight excluding hydrogens is 240 g/mol. The van der Waals surface area contributed by atoms with Gasteiger partial charge in [0.2, 0.25) is 0 Å². The Morgan fingerprint density at radius 3 is 2.61 bits per heavy atom. The zero-order valence-corrected chi connectivity index (χ0v) is 11.8. The third-order valence-electron chi connectivity index (χ3n) is 3.24. The minimum absolute atomic E-state index is 0.454. The van der Waals surface area contributed by atoms with Crippen molar-refractivity contribution < 1.29 is 0 Å². The second-order valence-corrected chi connectivity index (χ2v) is 5.46. The monoisotopic (exact) mass is 260 g/mol. The Hall–Kier alpha value is -1.19. The van der Waals surface area contributed by atoms with Crippen molar-refractivity contribution in [3.05, 3.63) is 40.9 Å². The Balaban J connectivity index is 2.18. The zero-order chi connectivity index (χ0) is 13.0. The lowest BCUT2D eigenvalue weighted by molar-refractivity contribution is 0.675. The number of hydrogen-bond donors (Lipinski definition) is 1. The fourth-order valence-corrected chi connectivity index (χ4v) is 2.87. The highest BCUT2D eigenvalue weighted by Crippen LogP contribution is 2.28. The van der Waals surface area contributed by atoms with Gasteiger partial charge in [-0.25, -0.2) is 4.98 Å². The third kappa shape index (κ3) is 2.98. The molecule has 1 aromatic carbocycles. The number of nitrogens with zero attached hydrogens (tertiary/aromatic N) is 1. The van der Waals surface area contributed by atoms with Crippen molar-refractivity contribution in [1.29, 1.82) is 0 Å². The van der Waals surface area contributed by atoms with E-state index in [0.717, 1.165) is 24.4 Å². The number of aromatic nitrogens is 1. The van der Waals surface area contributed by atoms with E-state index in [1.54, 1.807) is 11.3 Å². The van der Waals surface area contributed by atoms with Crippen molar-refractivity contribution in [2.45, 2.75) is 32.6 Å². The molecular formula is C15H20N2S. The summed E-state index contributed by atoms with van der Waals surface area (Å²) in [5.74, 6) is 0.454. The van der Waals surface area contributed by atoms with Crippen LogP contribution in [0.5, 0.6) is 0 Å². The van der Waals surface area contributed by atoms with Crippen LogP contribution in [0.1, 0.15) is 37.4 Å². The molecule has 0 aliphatic carbocycles. The maximum atomic E-state index is 5.59. The van der Waals surface area contributed by atoms with Crippen molar-refractivity contribution in [3.8, 4) is 10.6 Å². The Bertz CT molecular complexity index is 487. The van der Waals surface area contributed by atoms with Gasteiger partial charge in [-0.1, -0.05) is 38.1 Å². The first-order valence-electron chi connectivity index (χ1n) is 6.49. The van der Waals surface area contributed by atoms with E-state index < -0.39 is 0 Å². The molecule has 1 unspecified atom stereocenters. The van der Waals surface area contributed by atoms with Crippen LogP contribution in [-0.2, 0) is 6.42 Å². The average Bonchev–Trinajstić information content (AvgIpc) is 2.89. The number of nitrogens with two attached hydrogens (primary N) is 1. The topological polar surface area (TPSA) is 38.9 Å². The molecule has 0 saturated carbocycles. The van der Waals surface area contributed by atoms with E-state index >= 15 is 0 Å². The van der Waals surface area contributed by atoms with E-state index in [4.69, 9.17) is 10.7 Å². The molecule has 0 spiro atoms. The molecule has 0 radical (unpaired) electrons. The van der Waals surface area contributed by atoms with Gasteiger partial charge in [0.15, 0.2) is 0 Å². The smallest absolute Gasteiger partial charge is 0.123 e. The standard InChI is InChI=1S/C15H20N2S/c1-3-12-4-6-13(7-5-12)15-17-14(10-18-15)11(2)8-9-16/h4-7,10-11H,3,8-9,16H2,1-2H3. The molecule has 1 atom stereocenters. The van der Waals surface area contributed by atoms with Crippen LogP contribution in [0.15, 0.2) is 29.6 Å². The molecule has 96 valence electrons. The molecule has 3 heteroatoms. The Morgan fingerprint density at radius 1 is 1.28 bits per heavy atom. The van der Waals surface area contributed by atoms with Gasteiger partial charge < -0.3 is 5.73 Å². The summed E-state index contributed by atoms with van der Waals surface area (Å²) in [6, 6.07) is 8.68. The van der Waals surface area contributed by atoms with Gasteiger partial charge in [0.05, 0.1) is 5.69 Å². The first-order valence-corrected chi connectivity index (χ1v) is 7.37. The van der Waals surface area contributed by atoms with Crippen LogP contribution < -0.4 is 5.73 Å². The molecule has 0 saturated heterocycles. The van der Waals surface area contributed by atoms with E-state index in [1.165, 1.54) is 16.8 Å². The maximum absolute atomic E-state index is 5.59. The maximum Gasteiger partial charge on any atom is 0.123 e. The Kier molecular flexibility index (Phi) is 4.50. The number of thiazole rings is 1. The Morgan fingerprint density at radius 2 is 2.00 bits per heavy atom. The van der Waals surface area contributed by atoms with Crippen LogP contribution in [-0.4, -0.2) is 11.5 Å². The minimum Gasteiger partial charge on any atom is -0.330 e. The lowest BCUT2D eigenvalue weighted by Gasteiger charge is -2.05. The van der Waals surface area contributed by atoms with E-state index in [0.29, 0.717) is 5.92 Å². The van der Waals surface area contributed by atoms with Crippen LogP contribution >= 0.6 is 11.3 Å². The third-order valence-corrected chi connectivity index (χ3v) is 4.15. The van der Waals surface area contributed by atoms with Gasteiger partial charge in [-0.05, 0) is 24.9 Å². The summed E-state index contributed by atoms with van der Waals surface area (Å²) >= 11 is 1.72. The molecule has 0 amide bonds. The lowest BCUT2D eigenvalue weighted by atomic mass is 10.1. The fourth-order valence-electron chi connectivity index (χ4n) is 1.93. The van der Waals surface area contributed by atoms with Gasteiger partial charge in [-0.3, -0.25) is 0 Å². The largest absolute Gasteiger partial charge is 0.330 e. The molecule has 18 heavy (non-hydrogen) atoms. The molecule has 1 aromatic heterocycles. The van der Waals surface area contributed by atoms with E-state index in [1.807, 2.05) is 0 Å². The van der Waals surface area contributed by atoms with Crippen molar-refractivity contribution in [3.63, 3.8) is 0 Å². The zero-order valence-electron chi connectivity index (χ0n) is 11.0. The summed E-state index contributed by atoms with van der Waals surface area (Å²) in [5, 5.41) is 3.26. The second-order valence-electron chi connectivity index (χ2n) is 4.61. The molecule has 2 N–H and O–H groups in total. The summed E-state index contributed by atoms with van der Waals surface area (Å²) in [7, 11) is 0. The molecule has 1 heterocycles. The molecule has 0 aliphatic rings. The van der Waals surface area contributed by atoms with Gasteiger partial charge in [0, 0.05) is 16.9 Å². The number of aryl methyl sites for hydroxylation is 1. The predicted octanol–water partition coefficient (Wildman–Crippen LogP) is 3.82. The minimum atomic E-state index is 0.454. The fraction of sp³-hybridized carbons (Fsp3) is 0.400. The van der Waals surface area contributed by atoms with Crippen LogP contribution in [0.2, 0.25) is 0 Å². The van der Waals surface area contributed by atoms with Gasteiger partial charge in [-0.15, -0.1) is 11.3 Å². The summed E-state index contributed by atoms with van der Waals surface area (Å²) in [6.45, 7) is 5.08. The van der Waals surface area contributed by atoms with Crippen molar-refractivity contribution >= 4 is 11.3 Å². The predicted molar refractivity (Wildman–Crippen MR) is 79.0 cm³/mol. The average molecular weight is 260 g/mol. The highest BCUT2D eigenvalue weighted by atomic mass is 32.1. The number of hydrogen-bond acceptors (Lipinski definition) is 3. The molecule has 0 bridgehead atoms. The Labute approximate surface area is 113 Å². The molecule has 2 nitrogen and oxygen atoms in total. The highest BCUT2D eigenvalue weighted by molar-refractivity contribution is 7.13.